The average molecular weight is 340 g/mol. The maximum absolute atomic E-state index is 12.7. The summed E-state index contributed by atoms with van der Waals surface area (Å²) < 4.78 is 43.4. The quantitative estimate of drug-likeness (QED) is 0.452. The SMILES string of the molecule is O=c1oc(-c2ccc(C(F)(F)F)cc2)cc2cc3cccccc-3c12. The fraction of sp³-hybridized carbons (Fsp3) is 0.0500. The Kier molecular flexibility index (Phi) is 3.39. The van der Waals surface area contributed by atoms with E-state index in [4.69, 9.17) is 4.42 Å². The highest BCUT2D eigenvalue weighted by Crippen LogP contribution is 2.34. The highest BCUT2D eigenvalue weighted by atomic mass is 19.4. The number of fused-ring (bicyclic) bond motifs is 3. The van der Waals surface area contributed by atoms with Crippen molar-refractivity contribution >= 4 is 10.8 Å². The summed E-state index contributed by atoms with van der Waals surface area (Å²) in [5.74, 6) is 0.242. The molecule has 0 saturated carbocycles. The minimum Gasteiger partial charge on any atom is -0.422 e. The molecule has 0 atom stereocenters. The molecule has 25 heavy (non-hydrogen) atoms. The van der Waals surface area contributed by atoms with Crippen LogP contribution in [0.3, 0.4) is 0 Å². The first-order chi connectivity index (χ1) is 11.9. The van der Waals surface area contributed by atoms with E-state index in [1.807, 2.05) is 36.4 Å². The number of alkyl halides is 3. The third-order valence-corrected chi connectivity index (χ3v) is 4.13. The van der Waals surface area contributed by atoms with Crippen LogP contribution < -0.4 is 5.63 Å². The zero-order chi connectivity index (χ0) is 17.6. The van der Waals surface area contributed by atoms with Crippen LogP contribution in [0.15, 0.2) is 75.9 Å². The summed E-state index contributed by atoms with van der Waals surface area (Å²) in [6.07, 6.45) is -4.40. The van der Waals surface area contributed by atoms with E-state index in [9.17, 15) is 18.0 Å². The smallest absolute Gasteiger partial charge is 0.416 e. The van der Waals surface area contributed by atoms with Gasteiger partial charge in [0.05, 0.1) is 10.9 Å². The normalized spacial score (nSPS) is 12.0. The van der Waals surface area contributed by atoms with Gasteiger partial charge in [-0.05, 0) is 40.8 Å². The fourth-order valence-electron chi connectivity index (χ4n) is 2.94. The van der Waals surface area contributed by atoms with Crippen LogP contribution in [0.25, 0.3) is 33.2 Å². The van der Waals surface area contributed by atoms with Crippen LogP contribution >= 0.6 is 0 Å². The predicted molar refractivity (Wildman–Crippen MR) is 89.5 cm³/mol. The van der Waals surface area contributed by atoms with Crippen molar-refractivity contribution in [1.29, 1.82) is 0 Å². The molecule has 1 aromatic heterocycles. The summed E-state index contributed by atoms with van der Waals surface area (Å²) in [5.41, 5.74) is 0.854. The lowest BCUT2D eigenvalue weighted by atomic mass is 10.1. The second-order valence-corrected chi connectivity index (χ2v) is 5.73. The summed E-state index contributed by atoms with van der Waals surface area (Å²) in [4.78, 5) is 12.4. The van der Waals surface area contributed by atoms with Crippen molar-refractivity contribution in [2.75, 3.05) is 0 Å². The molecule has 1 heterocycles. The third-order valence-electron chi connectivity index (χ3n) is 4.13. The lowest BCUT2D eigenvalue weighted by Crippen LogP contribution is -2.04. The van der Waals surface area contributed by atoms with Crippen LogP contribution in [0.2, 0.25) is 0 Å². The van der Waals surface area contributed by atoms with Gasteiger partial charge >= 0.3 is 11.8 Å². The van der Waals surface area contributed by atoms with Crippen molar-refractivity contribution in [3.8, 4) is 22.5 Å². The fourth-order valence-corrected chi connectivity index (χ4v) is 2.94. The van der Waals surface area contributed by atoms with Gasteiger partial charge in [0.25, 0.3) is 0 Å². The standard InChI is InChI=1S/C20H11F3O2/c21-20(22,23)15-8-6-12(7-9-15)17-11-14-10-13-4-2-1-3-5-16(13)18(14)19(24)25-17/h1-11H. The number of rotatable bonds is 1. The molecule has 124 valence electrons. The molecule has 0 fully saturated rings. The van der Waals surface area contributed by atoms with E-state index in [2.05, 4.69) is 0 Å². The van der Waals surface area contributed by atoms with E-state index in [1.165, 1.54) is 12.1 Å². The Morgan fingerprint density at radius 2 is 1.52 bits per heavy atom. The van der Waals surface area contributed by atoms with E-state index < -0.39 is 17.4 Å². The lowest BCUT2D eigenvalue weighted by molar-refractivity contribution is -0.137. The lowest BCUT2D eigenvalue weighted by Gasteiger charge is -2.07. The number of hydrogen-bond acceptors (Lipinski definition) is 2. The molecule has 5 heteroatoms. The molecule has 2 aromatic rings. The van der Waals surface area contributed by atoms with Gasteiger partial charge in [0.2, 0.25) is 0 Å². The van der Waals surface area contributed by atoms with Crippen molar-refractivity contribution in [2.45, 2.75) is 6.18 Å². The molecule has 0 amide bonds. The Bertz CT molecular complexity index is 1090. The van der Waals surface area contributed by atoms with E-state index in [0.717, 1.165) is 23.3 Å². The van der Waals surface area contributed by atoms with Gasteiger partial charge in [-0.2, -0.15) is 13.2 Å². The summed E-state index contributed by atoms with van der Waals surface area (Å²) in [6, 6.07) is 17.4. The summed E-state index contributed by atoms with van der Waals surface area (Å²) >= 11 is 0. The van der Waals surface area contributed by atoms with Crippen LogP contribution in [0.1, 0.15) is 5.56 Å². The Balaban J connectivity index is 1.88. The van der Waals surface area contributed by atoms with Gasteiger partial charge in [-0.25, -0.2) is 4.79 Å². The molecule has 0 spiro atoms. The molecule has 0 aliphatic heterocycles. The monoisotopic (exact) mass is 340 g/mol. The molecular weight excluding hydrogens is 329 g/mol. The van der Waals surface area contributed by atoms with Crippen LogP contribution in [0.4, 0.5) is 13.2 Å². The first-order valence-corrected chi connectivity index (χ1v) is 7.57. The zero-order valence-electron chi connectivity index (χ0n) is 12.8. The van der Waals surface area contributed by atoms with Gasteiger partial charge in [-0.3, -0.25) is 0 Å². The molecule has 2 nitrogen and oxygen atoms in total. The number of benzene rings is 1. The molecular formula is C20H11F3O2. The Labute approximate surface area is 140 Å². The van der Waals surface area contributed by atoms with Crippen LogP contribution in [-0.4, -0.2) is 0 Å². The van der Waals surface area contributed by atoms with Gasteiger partial charge < -0.3 is 4.42 Å². The van der Waals surface area contributed by atoms with Crippen molar-refractivity contribution in [3.05, 3.63) is 82.7 Å². The maximum atomic E-state index is 12.7. The van der Waals surface area contributed by atoms with E-state index in [-0.39, 0.29) is 5.76 Å². The molecule has 0 N–H and O–H groups in total. The second kappa shape index (κ2) is 5.48. The first kappa shape index (κ1) is 15.4. The Hall–Kier alpha value is -3.08. The molecule has 0 bridgehead atoms. The highest BCUT2D eigenvalue weighted by molar-refractivity contribution is 6.02. The predicted octanol–water partition coefficient (Wildman–Crippen LogP) is 5.58. The molecule has 1 aromatic carbocycles. The second-order valence-electron chi connectivity index (χ2n) is 5.73. The van der Waals surface area contributed by atoms with Crippen molar-refractivity contribution in [3.63, 3.8) is 0 Å². The molecule has 0 unspecified atom stereocenters. The van der Waals surface area contributed by atoms with Crippen LogP contribution in [0.5, 0.6) is 0 Å². The average Bonchev–Trinajstić information content (AvgIpc) is 2.76. The highest BCUT2D eigenvalue weighted by Gasteiger charge is 2.30. The van der Waals surface area contributed by atoms with Crippen molar-refractivity contribution in [2.24, 2.45) is 0 Å². The van der Waals surface area contributed by atoms with Crippen molar-refractivity contribution < 1.29 is 17.6 Å². The van der Waals surface area contributed by atoms with E-state index >= 15 is 0 Å². The summed E-state index contributed by atoms with van der Waals surface area (Å²) in [7, 11) is 0. The minimum absolute atomic E-state index is 0.242. The topological polar surface area (TPSA) is 30.2 Å². The van der Waals surface area contributed by atoms with E-state index in [0.29, 0.717) is 16.3 Å². The largest absolute Gasteiger partial charge is 0.422 e. The zero-order valence-corrected chi connectivity index (χ0v) is 12.8. The van der Waals surface area contributed by atoms with E-state index in [1.54, 1.807) is 6.07 Å². The van der Waals surface area contributed by atoms with Crippen molar-refractivity contribution in [1.82, 2.24) is 0 Å². The number of halogens is 3. The number of hydrogen-bond donors (Lipinski definition) is 0. The molecule has 2 aliphatic rings. The molecule has 4 rings (SSSR count). The molecule has 0 radical (unpaired) electrons. The van der Waals surface area contributed by atoms with Crippen LogP contribution in [0, 0.1) is 0 Å². The Morgan fingerprint density at radius 3 is 2.24 bits per heavy atom. The van der Waals surface area contributed by atoms with Gasteiger partial charge in [0.15, 0.2) is 0 Å². The molecule has 2 aliphatic carbocycles. The summed E-state index contributed by atoms with van der Waals surface area (Å²) in [6.45, 7) is 0. The Morgan fingerprint density at radius 1 is 0.800 bits per heavy atom. The minimum atomic E-state index is -4.40. The summed E-state index contributed by atoms with van der Waals surface area (Å²) in [5, 5.41) is 1.18. The van der Waals surface area contributed by atoms with Crippen LogP contribution in [-0.2, 0) is 6.18 Å². The molecule has 0 saturated heterocycles. The van der Waals surface area contributed by atoms with Gasteiger partial charge in [-0.1, -0.05) is 42.5 Å². The maximum Gasteiger partial charge on any atom is 0.416 e. The van der Waals surface area contributed by atoms with Gasteiger partial charge in [0.1, 0.15) is 5.76 Å². The first-order valence-electron chi connectivity index (χ1n) is 7.57. The van der Waals surface area contributed by atoms with Gasteiger partial charge in [-0.15, -0.1) is 0 Å². The van der Waals surface area contributed by atoms with Gasteiger partial charge in [0, 0.05) is 5.56 Å². The third kappa shape index (κ3) is 2.67.